The Hall–Kier alpha value is -0.970. The molecule has 0 bridgehead atoms. The monoisotopic (exact) mass is 255 g/mol. The maximum atomic E-state index is 12.7. The summed E-state index contributed by atoms with van der Waals surface area (Å²) < 4.78 is 23.6. The number of hydrogen-bond acceptors (Lipinski definition) is 3. The molecule has 0 saturated carbocycles. The molecule has 18 heavy (non-hydrogen) atoms. The second kappa shape index (κ2) is 9.03. The molecular formula is C14H22FNO2. The number of ether oxygens (including phenoxy) is 2. The van der Waals surface area contributed by atoms with E-state index in [1.165, 1.54) is 12.1 Å². The van der Waals surface area contributed by atoms with Crippen LogP contribution in [0.4, 0.5) is 4.39 Å². The molecular weight excluding hydrogens is 233 g/mol. The van der Waals surface area contributed by atoms with Gasteiger partial charge in [0, 0.05) is 32.7 Å². The minimum Gasteiger partial charge on any atom is -0.353 e. The van der Waals surface area contributed by atoms with Gasteiger partial charge in [0.05, 0.1) is 0 Å². The molecule has 0 saturated heterocycles. The van der Waals surface area contributed by atoms with Crippen LogP contribution in [0.5, 0.6) is 0 Å². The zero-order valence-electron chi connectivity index (χ0n) is 11.1. The van der Waals surface area contributed by atoms with Crippen LogP contribution in [0.3, 0.4) is 0 Å². The van der Waals surface area contributed by atoms with E-state index in [9.17, 15) is 4.39 Å². The molecule has 0 aliphatic heterocycles. The van der Waals surface area contributed by atoms with Crippen LogP contribution >= 0.6 is 0 Å². The SMILES string of the molecule is CCOC(CCNCc1ccc(F)cc1)OCC. The van der Waals surface area contributed by atoms with E-state index in [1.54, 1.807) is 12.1 Å². The van der Waals surface area contributed by atoms with Gasteiger partial charge >= 0.3 is 0 Å². The van der Waals surface area contributed by atoms with Crippen molar-refractivity contribution in [2.75, 3.05) is 19.8 Å². The third kappa shape index (κ3) is 6.10. The van der Waals surface area contributed by atoms with Crippen LogP contribution in [0.1, 0.15) is 25.8 Å². The minimum absolute atomic E-state index is 0.138. The molecule has 0 aromatic heterocycles. The minimum atomic E-state index is -0.202. The third-order valence-corrected chi connectivity index (χ3v) is 2.50. The van der Waals surface area contributed by atoms with Gasteiger partial charge < -0.3 is 14.8 Å². The molecule has 1 N–H and O–H groups in total. The first-order chi connectivity index (χ1) is 8.76. The summed E-state index contributed by atoms with van der Waals surface area (Å²) in [6.07, 6.45) is 0.670. The second-order valence-electron chi connectivity index (χ2n) is 3.93. The normalized spacial score (nSPS) is 11.1. The van der Waals surface area contributed by atoms with Gasteiger partial charge in [0.15, 0.2) is 6.29 Å². The molecule has 1 rings (SSSR count). The maximum absolute atomic E-state index is 12.7. The van der Waals surface area contributed by atoms with E-state index in [0.717, 1.165) is 25.1 Å². The molecule has 0 heterocycles. The second-order valence-corrected chi connectivity index (χ2v) is 3.93. The molecule has 3 nitrogen and oxygen atoms in total. The van der Waals surface area contributed by atoms with Gasteiger partial charge in [0.1, 0.15) is 5.82 Å². The summed E-state index contributed by atoms with van der Waals surface area (Å²) in [6.45, 7) is 6.76. The fourth-order valence-electron chi connectivity index (χ4n) is 1.64. The highest BCUT2D eigenvalue weighted by Crippen LogP contribution is 2.03. The summed E-state index contributed by atoms with van der Waals surface area (Å²) in [5.74, 6) is -0.202. The molecule has 0 aliphatic rings. The van der Waals surface area contributed by atoms with E-state index in [0.29, 0.717) is 13.2 Å². The Balaban J connectivity index is 2.18. The first kappa shape index (κ1) is 15.1. The lowest BCUT2D eigenvalue weighted by Crippen LogP contribution is -2.24. The lowest BCUT2D eigenvalue weighted by Gasteiger charge is -2.17. The molecule has 102 valence electrons. The van der Waals surface area contributed by atoms with Crippen molar-refractivity contribution in [1.29, 1.82) is 0 Å². The van der Waals surface area contributed by atoms with Crippen molar-refractivity contribution in [3.8, 4) is 0 Å². The molecule has 0 radical (unpaired) electrons. The smallest absolute Gasteiger partial charge is 0.158 e. The van der Waals surface area contributed by atoms with Crippen molar-refractivity contribution in [3.05, 3.63) is 35.6 Å². The number of rotatable bonds is 9. The van der Waals surface area contributed by atoms with Gasteiger partial charge in [-0.1, -0.05) is 12.1 Å². The highest BCUT2D eigenvalue weighted by Gasteiger charge is 2.06. The largest absolute Gasteiger partial charge is 0.353 e. The Kier molecular flexibility index (Phi) is 7.57. The molecule has 1 aromatic rings. The van der Waals surface area contributed by atoms with Gasteiger partial charge in [-0.2, -0.15) is 0 Å². The Labute approximate surface area is 108 Å². The van der Waals surface area contributed by atoms with Crippen molar-refractivity contribution >= 4 is 0 Å². The first-order valence-corrected chi connectivity index (χ1v) is 6.44. The summed E-state index contributed by atoms with van der Waals surface area (Å²) in [6, 6.07) is 6.51. The zero-order valence-corrected chi connectivity index (χ0v) is 11.1. The molecule has 0 unspecified atom stereocenters. The van der Waals surface area contributed by atoms with Crippen molar-refractivity contribution in [1.82, 2.24) is 5.32 Å². The fraction of sp³-hybridized carbons (Fsp3) is 0.571. The fourth-order valence-corrected chi connectivity index (χ4v) is 1.64. The molecule has 4 heteroatoms. The van der Waals surface area contributed by atoms with Gasteiger partial charge in [-0.05, 0) is 31.5 Å². The van der Waals surface area contributed by atoms with E-state index in [2.05, 4.69) is 5.32 Å². The molecule has 1 aromatic carbocycles. The molecule has 0 aliphatic carbocycles. The Morgan fingerprint density at radius 2 is 1.72 bits per heavy atom. The summed E-state index contributed by atoms with van der Waals surface area (Å²) >= 11 is 0. The predicted molar refractivity (Wildman–Crippen MR) is 69.8 cm³/mol. The lowest BCUT2D eigenvalue weighted by atomic mass is 10.2. The highest BCUT2D eigenvalue weighted by atomic mass is 19.1. The van der Waals surface area contributed by atoms with Crippen LogP contribution in [-0.4, -0.2) is 26.0 Å². The van der Waals surface area contributed by atoms with Crippen LogP contribution in [0.15, 0.2) is 24.3 Å². The maximum Gasteiger partial charge on any atom is 0.158 e. The van der Waals surface area contributed by atoms with Gasteiger partial charge in [0.2, 0.25) is 0 Å². The van der Waals surface area contributed by atoms with E-state index in [-0.39, 0.29) is 12.1 Å². The predicted octanol–water partition coefficient (Wildman–Crippen LogP) is 2.70. The van der Waals surface area contributed by atoms with Gasteiger partial charge in [-0.3, -0.25) is 0 Å². The number of nitrogens with one attached hydrogen (secondary N) is 1. The molecule has 0 amide bonds. The molecule has 0 fully saturated rings. The van der Waals surface area contributed by atoms with Gasteiger partial charge in [-0.15, -0.1) is 0 Å². The number of halogens is 1. The first-order valence-electron chi connectivity index (χ1n) is 6.44. The van der Waals surface area contributed by atoms with Crippen LogP contribution in [0.25, 0.3) is 0 Å². The standard InChI is InChI=1S/C14H22FNO2/c1-3-17-14(18-4-2)9-10-16-11-12-5-7-13(15)8-6-12/h5-8,14,16H,3-4,9-11H2,1-2H3. The van der Waals surface area contributed by atoms with Crippen LogP contribution in [0.2, 0.25) is 0 Å². The summed E-state index contributed by atoms with van der Waals surface area (Å²) in [5.41, 5.74) is 1.07. The Morgan fingerprint density at radius 3 is 2.28 bits per heavy atom. The average molecular weight is 255 g/mol. The van der Waals surface area contributed by atoms with E-state index < -0.39 is 0 Å². The average Bonchev–Trinajstić information content (AvgIpc) is 2.37. The zero-order chi connectivity index (χ0) is 13.2. The summed E-state index contributed by atoms with van der Waals surface area (Å²) in [5, 5.41) is 3.29. The van der Waals surface area contributed by atoms with Gasteiger partial charge in [0.25, 0.3) is 0 Å². The summed E-state index contributed by atoms with van der Waals surface area (Å²) in [4.78, 5) is 0. The van der Waals surface area contributed by atoms with Gasteiger partial charge in [-0.25, -0.2) is 4.39 Å². The number of hydrogen-bond donors (Lipinski definition) is 1. The van der Waals surface area contributed by atoms with Crippen molar-refractivity contribution in [2.24, 2.45) is 0 Å². The molecule has 0 spiro atoms. The van der Waals surface area contributed by atoms with E-state index >= 15 is 0 Å². The Bertz CT molecular complexity index is 310. The van der Waals surface area contributed by atoms with Crippen LogP contribution < -0.4 is 5.32 Å². The Morgan fingerprint density at radius 1 is 1.11 bits per heavy atom. The third-order valence-electron chi connectivity index (χ3n) is 2.50. The highest BCUT2D eigenvalue weighted by molar-refractivity contribution is 5.15. The lowest BCUT2D eigenvalue weighted by molar-refractivity contribution is -0.138. The number of benzene rings is 1. The molecule has 0 atom stereocenters. The summed E-state index contributed by atoms with van der Waals surface area (Å²) in [7, 11) is 0. The van der Waals surface area contributed by atoms with Crippen molar-refractivity contribution in [2.45, 2.75) is 33.1 Å². The topological polar surface area (TPSA) is 30.5 Å². The van der Waals surface area contributed by atoms with Crippen LogP contribution in [0, 0.1) is 5.82 Å². The van der Waals surface area contributed by atoms with E-state index in [1.807, 2.05) is 13.8 Å². The van der Waals surface area contributed by atoms with E-state index in [4.69, 9.17) is 9.47 Å². The van der Waals surface area contributed by atoms with Crippen molar-refractivity contribution in [3.63, 3.8) is 0 Å². The van der Waals surface area contributed by atoms with Crippen molar-refractivity contribution < 1.29 is 13.9 Å². The van der Waals surface area contributed by atoms with Crippen LogP contribution in [-0.2, 0) is 16.0 Å². The quantitative estimate of drug-likeness (QED) is 0.543.